The van der Waals surface area contributed by atoms with Gasteiger partial charge in [-0.3, -0.25) is 0 Å². The van der Waals surface area contributed by atoms with Crippen LogP contribution in [0.2, 0.25) is 0 Å². The van der Waals surface area contributed by atoms with Crippen LogP contribution < -0.4 is 0 Å². The van der Waals surface area contributed by atoms with E-state index in [1.54, 1.807) is 0 Å². The van der Waals surface area contributed by atoms with Crippen molar-refractivity contribution < 1.29 is 14.2 Å². The van der Waals surface area contributed by atoms with Crippen molar-refractivity contribution in [3.63, 3.8) is 0 Å². The third-order valence-corrected chi connectivity index (χ3v) is 11.1. The van der Waals surface area contributed by atoms with Gasteiger partial charge in [-0.2, -0.15) is 0 Å². The predicted octanol–water partition coefficient (Wildman–Crippen LogP) is 10.5. The van der Waals surface area contributed by atoms with Gasteiger partial charge in [-0.25, -0.2) is 0 Å². The van der Waals surface area contributed by atoms with Crippen LogP contribution in [0, 0.1) is 0 Å². The van der Waals surface area contributed by atoms with Gasteiger partial charge in [0.1, 0.15) is 12.2 Å². The Morgan fingerprint density at radius 2 is 0.604 bits per heavy atom. The minimum atomic E-state index is -0.766. The first-order valence-corrected chi connectivity index (χ1v) is 18.8. The Kier molecular flexibility index (Phi) is 10.6. The van der Waals surface area contributed by atoms with E-state index in [9.17, 15) is 0 Å². The van der Waals surface area contributed by atoms with E-state index < -0.39 is 23.0 Å². The van der Waals surface area contributed by atoms with E-state index in [4.69, 9.17) is 14.2 Å². The van der Waals surface area contributed by atoms with Gasteiger partial charge in [-0.1, -0.05) is 206 Å². The van der Waals surface area contributed by atoms with Gasteiger partial charge in [0.2, 0.25) is 0 Å². The number of benzene rings is 6. The monoisotopic (exact) mass is 694 g/mol. The normalized spacial score (nSPS) is 18.6. The van der Waals surface area contributed by atoms with Crippen LogP contribution in [0.3, 0.4) is 0 Å². The smallest absolute Gasteiger partial charge is 0.102 e. The third kappa shape index (κ3) is 6.62. The van der Waals surface area contributed by atoms with Gasteiger partial charge in [0.25, 0.3) is 0 Å². The Balaban J connectivity index is 1.47. The zero-order valence-corrected chi connectivity index (χ0v) is 30.0. The number of rotatable bonds is 12. The molecule has 0 radical (unpaired) electrons. The summed E-state index contributed by atoms with van der Waals surface area (Å²) in [6.45, 7) is 1.04. The van der Waals surface area contributed by atoms with E-state index in [1.165, 1.54) is 0 Å². The molecule has 2 heterocycles. The Bertz CT molecular complexity index is 1720. The molecule has 0 N–H and O–H groups in total. The molecule has 6 aromatic rings. The summed E-state index contributed by atoms with van der Waals surface area (Å²) in [5.74, 6) is 0. The summed E-state index contributed by atoms with van der Waals surface area (Å²) in [7, 11) is 0. The lowest BCUT2D eigenvalue weighted by molar-refractivity contribution is -0.168. The Morgan fingerprint density at radius 3 is 0.811 bits per heavy atom. The maximum absolute atomic E-state index is 8.27. The number of hydrogen-bond acceptors (Lipinski definition) is 3. The molecule has 0 spiro atoms. The standard InChI is InChI=1S/C50H46O3/c1-7-23-39(24-8-1)49(40-25-9-2-10-26-40,41-27-11-3-12-28-41)47(45-35-19-21-37-51-45)53-48(46-36-20-22-38-52-46)50(42-29-13-4-14-30-42,43-31-15-5-16-32-43)44-33-17-6-18-34-44/h1-34,45-48H,35-38H2/t45?,46?,47-,48-/m1/s1. The van der Waals surface area contributed by atoms with Crippen molar-refractivity contribution in [2.24, 2.45) is 0 Å². The highest BCUT2D eigenvalue weighted by Gasteiger charge is 2.55. The van der Waals surface area contributed by atoms with E-state index in [2.05, 4.69) is 206 Å². The van der Waals surface area contributed by atoms with Gasteiger partial charge >= 0.3 is 0 Å². The summed E-state index contributed by atoms with van der Waals surface area (Å²) < 4.78 is 22.0. The van der Waals surface area contributed by atoms with Crippen LogP contribution in [0.5, 0.6) is 0 Å². The van der Waals surface area contributed by atoms with E-state index in [1.807, 2.05) is 0 Å². The van der Waals surface area contributed by atoms with Gasteiger partial charge in [-0.15, -0.1) is 0 Å². The Labute approximate surface area is 314 Å². The summed E-state index contributed by atoms with van der Waals surface area (Å²) in [5.41, 5.74) is 5.35. The molecule has 4 atom stereocenters. The Morgan fingerprint density at radius 1 is 0.358 bits per heavy atom. The molecule has 0 aromatic heterocycles. The van der Waals surface area contributed by atoms with Crippen LogP contribution in [-0.4, -0.2) is 37.6 Å². The summed E-state index contributed by atoms with van der Waals surface area (Å²) in [4.78, 5) is 0. The Hall–Kier alpha value is -5.32. The van der Waals surface area contributed by atoms with Crippen molar-refractivity contribution >= 4 is 0 Å². The predicted molar refractivity (Wildman–Crippen MR) is 214 cm³/mol. The molecule has 0 fully saturated rings. The maximum atomic E-state index is 8.27. The van der Waals surface area contributed by atoms with Crippen LogP contribution in [0.25, 0.3) is 0 Å². The van der Waals surface area contributed by atoms with Crippen molar-refractivity contribution in [3.05, 3.63) is 240 Å². The van der Waals surface area contributed by atoms with Crippen molar-refractivity contribution in [2.75, 3.05) is 13.2 Å². The van der Waals surface area contributed by atoms with Crippen molar-refractivity contribution in [1.82, 2.24) is 0 Å². The second kappa shape index (κ2) is 16.1. The van der Waals surface area contributed by atoms with E-state index in [0.29, 0.717) is 26.1 Å². The number of hydrogen-bond donors (Lipinski definition) is 0. The lowest BCUT2D eigenvalue weighted by atomic mass is 9.62. The molecule has 2 unspecified atom stereocenters. The van der Waals surface area contributed by atoms with Crippen LogP contribution in [0.15, 0.2) is 206 Å². The van der Waals surface area contributed by atoms with E-state index >= 15 is 0 Å². The lowest BCUT2D eigenvalue weighted by Crippen LogP contribution is -2.59. The van der Waals surface area contributed by atoms with Crippen LogP contribution >= 0.6 is 0 Å². The topological polar surface area (TPSA) is 27.7 Å². The minimum absolute atomic E-state index is 0.276. The summed E-state index contributed by atoms with van der Waals surface area (Å²) in [5, 5.41) is 0. The summed E-state index contributed by atoms with van der Waals surface area (Å²) >= 11 is 0. The largest absolute Gasteiger partial charge is 0.371 e. The molecule has 264 valence electrons. The molecule has 3 heteroatoms. The average Bonchev–Trinajstić information content (AvgIpc) is 3.26. The van der Waals surface area contributed by atoms with Gasteiger partial charge in [0, 0.05) is 0 Å². The van der Waals surface area contributed by atoms with E-state index in [-0.39, 0.29) is 12.2 Å². The molecule has 6 aromatic carbocycles. The third-order valence-electron chi connectivity index (χ3n) is 11.1. The lowest BCUT2D eigenvalue weighted by Gasteiger charge is -2.52. The van der Waals surface area contributed by atoms with Gasteiger partial charge < -0.3 is 14.2 Å². The highest BCUT2D eigenvalue weighted by Crippen LogP contribution is 2.51. The van der Waals surface area contributed by atoms with Crippen molar-refractivity contribution in [3.8, 4) is 0 Å². The van der Waals surface area contributed by atoms with Crippen molar-refractivity contribution in [2.45, 2.75) is 48.1 Å². The fraction of sp³-hybridized carbons (Fsp3) is 0.200. The molecule has 3 nitrogen and oxygen atoms in total. The molecule has 8 rings (SSSR count). The molecule has 0 aliphatic carbocycles. The average molecular weight is 695 g/mol. The quantitative estimate of drug-likeness (QED) is 0.0943. The van der Waals surface area contributed by atoms with Crippen LogP contribution in [0.1, 0.15) is 46.2 Å². The fourth-order valence-electron chi connectivity index (χ4n) is 8.80. The zero-order chi connectivity index (χ0) is 35.8. The zero-order valence-electron chi connectivity index (χ0n) is 30.0. The first kappa shape index (κ1) is 34.7. The summed E-state index contributed by atoms with van der Waals surface area (Å²) in [6, 6.07) is 65.3. The molecular formula is C50H46O3. The minimum Gasteiger partial charge on any atom is -0.371 e. The second-order valence-corrected chi connectivity index (χ2v) is 13.9. The molecule has 0 saturated carbocycles. The van der Waals surface area contributed by atoms with Crippen molar-refractivity contribution in [1.29, 1.82) is 0 Å². The first-order chi connectivity index (χ1) is 26.3. The van der Waals surface area contributed by atoms with Gasteiger partial charge in [0.05, 0.1) is 36.3 Å². The van der Waals surface area contributed by atoms with Gasteiger partial charge in [-0.05, 0) is 46.2 Å². The molecule has 53 heavy (non-hydrogen) atoms. The van der Waals surface area contributed by atoms with Gasteiger partial charge in [0.15, 0.2) is 0 Å². The SMILES string of the molecule is C1=CCC([C@@H](O[C@H](C2CC=CCO2)C(c2ccccc2)(c2ccccc2)c2ccccc2)C(c2ccccc2)(c2ccccc2)c2ccccc2)OC1. The molecule has 0 amide bonds. The second-order valence-electron chi connectivity index (χ2n) is 13.9. The van der Waals surface area contributed by atoms with Crippen LogP contribution in [0.4, 0.5) is 0 Å². The maximum Gasteiger partial charge on any atom is 0.102 e. The highest BCUT2D eigenvalue weighted by molar-refractivity contribution is 5.55. The van der Waals surface area contributed by atoms with E-state index in [0.717, 1.165) is 33.4 Å². The molecule has 0 bridgehead atoms. The molecule has 2 aliphatic rings. The fourth-order valence-corrected chi connectivity index (χ4v) is 8.80. The highest BCUT2D eigenvalue weighted by atomic mass is 16.6. The number of ether oxygens (including phenoxy) is 3. The van der Waals surface area contributed by atoms with Crippen LogP contribution in [-0.2, 0) is 25.0 Å². The molecule has 2 aliphatic heterocycles. The summed E-state index contributed by atoms with van der Waals surface area (Å²) in [6.07, 6.45) is 8.65. The first-order valence-electron chi connectivity index (χ1n) is 18.8. The molecular weight excluding hydrogens is 649 g/mol. The molecule has 0 saturated heterocycles.